The van der Waals surface area contributed by atoms with E-state index in [0.717, 1.165) is 11.2 Å². The predicted octanol–water partition coefficient (Wildman–Crippen LogP) is 2.54. The van der Waals surface area contributed by atoms with Crippen molar-refractivity contribution in [3.63, 3.8) is 0 Å². The van der Waals surface area contributed by atoms with E-state index in [2.05, 4.69) is 11.8 Å². The molecule has 0 radical (unpaired) electrons. The van der Waals surface area contributed by atoms with Crippen molar-refractivity contribution in [3.8, 4) is 0 Å². The fourth-order valence-electron chi connectivity index (χ4n) is 3.32. The zero-order chi connectivity index (χ0) is 6.55. The van der Waals surface area contributed by atoms with Crippen molar-refractivity contribution in [2.24, 2.45) is 17.8 Å². The summed E-state index contributed by atoms with van der Waals surface area (Å²) in [6, 6.07) is 0. The van der Waals surface area contributed by atoms with E-state index in [1.54, 1.807) is 25.7 Å². The van der Waals surface area contributed by atoms with Crippen LogP contribution in [0.15, 0.2) is 0 Å². The van der Waals surface area contributed by atoms with Crippen LogP contribution in [0.25, 0.3) is 0 Å². The highest BCUT2D eigenvalue weighted by Gasteiger charge is 2.47. The second kappa shape index (κ2) is 1.94. The Balaban J connectivity index is 1.91. The van der Waals surface area contributed by atoms with Crippen molar-refractivity contribution in [1.29, 1.82) is 0 Å². The summed E-state index contributed by atoms with van der Waals surface area (Å²) in [6.45, 7) is 0. The SMILES string of the molecule is C1CC2CC3CC(S1)C2C3. The van der Waals surface area contributed by atoms with E-state index < -0.39 is 0 Å². The highest BCUT2D eigenvalue weighted by molar-refractivity contribution is 7.99. The Morgan fingerprint density at radius 1 is 1.10 bits per heavy atom. The lowest BCUT2D eigenvalue weighted by atomic mass is 9.86. The first kappa shape index (κ1) is 5.93. The van der Waals surface area contributed by atoms with Gasteiger partial charge in [-0.1, -0.05) is 0 Å². The molecule has 0 aromatic heterocycles. The van der Waals surface area contributed by atoms with Crippen LogP contribution in [0.3, 0.4) is 0 Å². The lowest BCUT2D eigenvalue weighted by molar-refractivity contribution is 0.323. The summed E-state index contributed by atoms with van der Waals surface area (Å²) in [5.74, 6) is 4.97. The monoisotopic (exact) mass is 154 g/mol. The smallest absolute Gasteiger partial charge is 0.00807 e. The zero-order valence-electron chi connectivity index (χ0n) is 6.25. The zero-order valence-corrected chi connectivity index (χ0v) is 7.07. The van der Waals surface area contributed by atoms with Crippen molar-refractivity contribution in [2.75, 3.05) is 5.75 Å². The molecule has 0 amide bonds. The molecule has 1 aliphatic heterocycles. The molecule has 1 heterocycles. The van der Waals surface area contributed by atoms with Gasteiger partial charge in [-0.15, -0.1) is 0 Å². The summed E-state index contributed by atoms with van der Waals surface area (Å²) in [6.07, 6.45) is 6.32. The van der Waals surface area contributed by atoms with Gasteiger partial charge in [0.25, 0.3) is 0 Å². The molecule has 10 heavy (non-hydrogen) atoms. The molecule has 2 aliphatic carbocycles. The standard InChI is InChI=1S/C9H14S/c1-2-10-9-5-6-3-7(1)8(9)4-6/h6-9H,1-5H2. The Morgan fingerprint density at radius 2 is 2.10 bits per heavy atom. The number of hydrogen-bond acceptors (Lipinski definition) is 1. The maximum absolute atomic E-state index is 2.27. The second-order valence-corrected chi connectivity index (χ2v) is 5.54. The fourth-order valence-corrected chi connectivity index (χ4v) is 5.05. The summed E-state index contributed by atoms with van der Waals surface area (Å²) in [4.78, 5) is 0. The first-order valence-electron chi connectivity index (χ1n) is 4.55. The average Bonchev–Trinajstić information content (AvgIpc) is 2.40. The molecule has 2 bridgehead atoms. The summed E-state index contributed by atoms with van der Waals surface area (Å²) in [5, 5.41) is 1.11. The van der Waals surface area contributed by atoms with E-state index in [1.165, 1.54) is 17.6 Å². The van der Waals surface area contributed by atoms with Crippen LogP contribution in [0.1, 0.15) is 25.7 Å². The highest BCUT2D eigenvalue weighted by atomic mass is 32.2. The number of thioether (sulfide) groups is 1. The molecule has 2 saturated carbocycles. The van der Waals surface area contributed by atoms with Crippen LogP contribution in [0, 0.1) is 17.8 Å². The molecule has 56 valence electrons. The van der Waals surface area contributed by atoms with Gasteiger partial charge < -0.3 is 0 Å². The summed E-state index contributed by atoms with van der Waals surface area (Å²) < 4.78 is 0. The Bertz CT molecular complexity index is 138. The van der Waals surface area contributed by atoms with E-state index in [0.29, 0.717) is 0 Å². The van der Waals surface area contributed by atoms with Crippen LogP contribution in [0.4, 0.5) is 0 Å². The van der Waals surface area contributed by atoms with Crippen molar-refractivity contribution >= 4 is 11.8 Å². The maximum Gasteiger partial charge on any atom is 0.00807 e. The lowest BCUT2D eigenvalue weighted by Crippen LogP contribution is -2.27. The third-order valence-electron chi connectivity index (χ3n) is 3.71. The molecule has 3 rings (SSSR count). The molecule has 1 heteroatoms. The number of fused-ring (bicyclic) bond motifs is 1. The number of rotatable bonds is 0. The normalized spacial score (nSPS) is 57.6. The minimum atomic E-state index is 1.11. The fraction of sp³-hybridized carbons (Fsp3) is 1.00. The average molecular weight is 154 g/mol. The van der Waals surface area contributed by atoms with E-state index in [1.807, 2.05) is 0 Å². The molecule has 1 saturated heterocycles. The van der Waals surface area contributed by atoms with Gasteiger partial charge >= 0.3 is 0 Å². The Labute approximate surface area is 66.8 Å². The third-order valence-corrected chi connectivity index (χ3v) is 5.15. The molecule has 0 N–H and O–H groups in total. The lowest BCUT2D eigenvalue weighted by Gasteiger charge is -2.34. The van der Waals surface area contributed by atoms with Crippen LogP contribution >= 0.6 is 11.8 Å². The first-order valence-corrected chi connectivity index (χ1v) is 5.60. The van der Waals surface area contributed by atoms with Crippen molar-refractivity contribution in [3.05, 3.63) is 0 Å². The molecule has 0 nitrogen and oxygen atoms in total. The third kappa shape index (κ3) is 0.650. The van der Waals surface area contributed by atoms with Gasteiger partial charge in [0.05, 0.1) is 0 Å². The second-order valence-electron chi connectivity index (χ2n) is 4.19. The van der Waals surface area contributed by atoms with Gasteiger partial charge in [0.2, 0.25) is 0 Å². The summed E-state index contributed by atoms with van der Waals surface area (Å²) >= 11 is 2.27. The first-order chi connectivity index (χ1) is 4.93. The molecule has 4 atom stereocenters. The Hall–Kier alpha value is 0.350. The Morgan fingerprint density at radius 3 is 2.80 bits per heavy atom. The molecular formula is C9H14S. The topological polar surface area (TPSA) is 0 Å². The Kier molecular flexibility index (Phi) is 1.15. The molecule has 4 unspecified atom stereocenters. The van der Waals surface area contributed by atoms with E-state index in [9.17, 15) is 0 Å². The molecule has 0 spiro atoms. The quantitative estimate of drug-likeness (QED) is 0.516. The van der Waals surface area contributed by atoms with E-state index in [-0.39, 0.29) is 0 Å². The van der Waals surface area contributed by atoms with E-state index in [4.69, 9.17) is 0 Å². The van der Waals surface area contributed by atoms with Gasteiger partial charge in [-0.05, 0) is 49.2 Å². The van der Waals surface area contributed by atoms with Gasteiger partial charge in [0, 0.05) is 5.25 Å². The largest absolute Gasteiger partial charge is 0.158 e. The van der Waals surface area contributed by atoms with Crippen LogP contribution in [0.2, 0.25) is 0 Å². The van der Waals surface area contributed by atoms with Gasteiger partial charge in [-0.3, -0.25) is 0 Å². The molecule has 3 fully saturated rings. The van der Waals surface area contributed by atoms with E-state index >= 15 is 0 Å². The predicted molar refractivity (Wildman–Crippen MR) is 45.2 cm³/mol. The molecule has 0 aromatic rings. The summed E-state index contributed by atoms with van der Waals surface area (Å²) in [7, 11) is 0. The van der Waals surface area contributed by atoms with Crippen LogP contribution in [-0.4, -0.2) is 11.0 Å². The van der Waals surface area contributed by atoms with Crippen molar-refractivity contribution in [2.45, 2.75) is 30.9 Å². The van der Waals surface area contributed by atoms with Crippen LogP contribution in [-0.2, 0) is 0 Å². The van der Waals surface area contributed by atoms with Crippen molar-refractivity contribution < 1.29 is 0 Å². The highest BCUT2D eigenvalue weighted by Crippen LogP contribution is 2.56. The molecule has 3 aliphatic rings. The summed E-state index contributed by atoms with van der Waals surface area (Å²) in [5.41, 5.74) is 0. The minimum Gasteiger partial charge on any atom is -0.158 e. The van der Waals surface area contributed by atoms with Crippen molar-refractivity contribution in [1.82, 2.24) is 0 Å². The minimum absolute atomic E-state index is 1.11. The van der Waals surface area contributed by atoms with Crippen LogP contribution < -0.4 is 0 Å². The van der Waals surface area contributed by atoms with Crippen LogP contribution in [0.5, 0.6) is 0 Å². The van der Waals surface area contributed by atoms with Gasteiger partial charge in [0.15, 0.2) is 0 Å². The molecule has 0 aromatic carbocycles. The number of hydrogen-bond donors (Lipinski definition) is 0. The van der Waals surface area contributed by atoms with Gasteiger partial charge in [-0.2, -0.15) is 11.8 Å². The van der Waals surface area contributed by atoms with Gasteiger partial charge in [-0.25, -0.2) is 0 Å². The maximum atomic E-state index is 2.27. The molecular weight excluding hydrogens is 140 g/mol. The van der Waals surface area contributed by atoms with Gasteiger partial charge in [0.1, 0.15) is 0 Å².